The molecule has 0 aliphatic carbocycles. The summed E-state index contributed by atoms with van der Waals surface area (Å²) in [6.07, 6.45) is 3.12. The first-order valence-corrected chi connectivity index (χ1v) is 7.18. The fourth-order valence-corrected chi connectivity index (χ4v) is 2.48. The molecular weight excluding hydrogens is 270 g/mol. The monoisotopic (exact) mass is 291 g/mol. The van der Waals surface area contributed by atoms with Crippen LogP contribution in [0.15, 0.2) is 10.7 Å². The molecule has 6 nitrogen and oxygen atoms in total. The Morgan fingerprint density at radius 1 is 1.48 bits per heavy atom. The van der Waals surface area contributed by atoms with Crippen LogP contribution in [0, 0.1) is 12.8 Å². The quantitative estimate of drug-likeness (QED) is 0.762. The number of carbonyl (C=O) groups is 1. The van der Waals surface area contributed by atoms with E-state index in [1.54, 1.807) is 6.92 Å². The molecule has 0 bridgehead atoms. The van der Waals surface area contributed by atoms with E-state index in [4.69, 9.17) is 9.52 Å². The summed E-state index contributed by atoms with van der Waals surface area (Å²) in [5, 5.41) is 12.9. The molecule has 0 aliphatic heterocycles. The van der Waals surface area contributed by atoms with Gasteiger partial charge in [0.25, 0.3) is 0 Å². The van der Waals surface area contributed by atoms with Crippen LogP contribution in [-0.4, -0.2) is 34.0 Å². The number of aromatic nitrogens is 2. The van der Waals surface area contributed by atoms with E-state index in [2.05, 4.69) is 22.2 Å². The molecule has 0 fully saturated rings. The van der Waals surface area contributed by atoms with E-state index in [9.17, 15) is 4.79 Å². The van der Waals surface area contributed by atoms with E-state index in [-0.39, 0.29) is 12.4 Å². The standard InChI is InChI=1S/C15H21N3O3/c1-4-11(5-6-19)7-16-14-13-12(9(2)20)10(3)21-15(13)18-8-17-14/h8,11,19H,4-7H2,1-3H3,(H,16,17,18). The maximum absolute atomic E-state index is 11.8. The average molecular weight is 291 g/mol. The lowest BCUT2D eigenvalue weighted by atomic mass is 10.0. The zero-order valence-electron chi connectivity index (χ0n) is 12.6. The van der Waals surface area contributed by atoms with Crippen molar-refractivity contribution in [2.45, 2.75) is 33.6 Å². The minimum absolute atomic E-state index is 0.0634. The Labute approximate surface area is 123 Å². The van der Waals surface area contributed by atoms with Crippen molar-refractivity contribution >= 4 is 22.7 Å². The van der Waals surface area contributed by atoms with Crippen LogP contribution in [0.1, 0.15) is 42.8 Å². The highest BCUT2D eigenvalue weighted by molar-refractivity contribution is 6.09. The molecule has 2 heterocycles. The van der Waals surface area contributed by atoms with Gasteiger partial charge < -0.3 is 14.8 Å². The highest BCUT2D eigenvalue weighted by Gasteiger charge is 2.20. The number of furan rings is 1. The molecule has 21 heavy (non-hydrogen) atoms. The number of hydrogen-bond donors (Lipinski definition) is 2. The van der Waals surface area contributed by atoms with Gasteiger partial charge in [0.2, 0.25) is 5.71 Å². The van der Waals surface area contributed by atoms with Crippen LogP contribution >= 0.6 is 0 Å². The van der Waals surface area contributed by atoms with Crippen molar-refractivity contribution in [3.8, 4) is 0 Å². The predicted molar refractivity (Wildman–Crippen MR) is 80.5 cm³/mol. The molecule has 114 valence electrons. The zero-order chi connectivity index (χ0) is 15.4. The van der Waals surface area contributed by atoms with E-state index in [1.165, 1.54) is 13.3 Å². The summed E-state index contributed by atoms with van der Waals surface area (Å²) in [5.74, 6) is 1.46. The number of Topliss-reactive ketones (excluding diaryl/α,β-unsaturated/α-hetero) is 1. The Kier molecular flexibility index (Phi) is 4.90. The van der Waals surface area contributed by atoms with Crippen molar-refractivity contribution in [3.05, 3.63) is 17.7 Å². The van der Waals surface area contributed by atoms with Gasteiger partial charge in [-0.1, -0.05) is 13.3 Å². The molecule has 0 spiro atoms. The normalized spacial score (nSPS) is 12.6. The zero-order valence-corrected chi connectivity index (χ0v) is 12.6. The lowest BCUT2D eigenvalue weighted by molar-refractivity contribution is 0.101. The molecule has 2 aromatic heterocycles. The van der Waals surface area contributed by atoms with Gasteiger partial charge in [-0.05, 0) is 26.2 Å². The van der Waals surface area contributed by atoms with Gasteiger partial charge in [0, 0.05) is 13.2 Å². The van der Waals surface area contributed by atoms with Crippen LogP contribution in [0.5, 0.6) is 0 Å². The smallest absolute Gasteiger partial charge is 0.232 e. The SMILES string of the molecule is CCC(CCO)CNc1ncnc2oc(C)c(C(C)=O)c12. The Bertz CT molecular complexity index is 636. The summed E-state index contributed by atoms with van der Waals surface area (Å²) in [7, 11) is 0. The van der Waals surface area contributed by atoms with E-state index < -0.39 is 0 Å². The number of anilines is 1. The van der Waals surface area contributed by atoms with Crippen molar-refractivity contribution in [2.75, 3.05) is 18.5 Å². The number of nitrogens with one attached hydrogen (secondary N) is 1. The van der Waals surface area contributed by atoms with Gasteiger partial charge >= 0.3 is 0 Å². The number of fused-ring (bicyclic) bond motifs is 1. The average Bonchev–Trinajstić information content (AvgIpc) is 2.79. The second-order valence-corrected chi connectivity index (χ2v) is 5.16. The summed E-state index contributed by atoms with van der Waals surface area (Å²) >= 11 is 0. The summed E-state index contributed by atoms with van der Waals surface area (Å²) in [6.45, 7) is 6.20. The number of aliphatic hydroxyl groups excluding tert-OH is 1. The van der Waals surface area contributed by atoms with Crippen LogP contribution in [0.4, 0.5) is 5.82 Å². The Morgan fingerprint density at radius 3 is 2.86 bits per heavy atom. The molecule has 2 aromatic rings. The van der Waals surface area contributed by atoms with Gasteiger partial charge in [-0.25, -0.2) is 9.97 Å². The number of carbonyl (C=O) groups excluding carboxylic acids is 1. The van der Waals surface area contributed by atoms with Crippen LogP contribution in [0.3, 0.4) is 0 Å². The third-order valence-corrected chi connectivity index (χ3v) is 3.69. The number of nitrogens with zero attached hydrogens (tertiary/aromatic N) is 2. The molecule has 6 heteroatoms. The van der Waals surface area contributed by atoms with E-state index in [0.29, 0.717) is 40.7 Å². The minimum Gasteiger partial charge on any atom is -0.442 e. The maximum Gasteiger partial charge on any atom is 0.232 e. The summed E-state index contributed by atoms with van der Waals surface area (Å²) in [4.78, 5) is 20.1. The Hall–Kier alpha value is -1.95. The van der Waals surface area contributed by atoms with Gasteiger partial charge in [-0.15, -0.1) is 0 Å². The van der Waals surface area contributed by atoms with Crippen molar-refractivity contribution in [3.63, 3.8) is 0 Å². The third kappa shape index (κ3) is 3.21. The minimum atomic E-state index is -0.0634. The molecule has 2 rings (SSSR count). The van der Waals surface area contributed by atoms with Crippen molar-refractivity contribution < 1.29 is 14.3 Å². The van der Waals surface area contributed by atoms with Gasteiger partial charge in [0.15, 0.2) is 5.78 Å². The van der Waals surface area contributed by atoms with Crippen molar-refractivity contribution in [2.24, 2.45) is 5.92 Å². The van der Waals surface area contributed by atoms with E-state index in [0.717, 1.165) is 12.8 Å². The fraction of sp³-hybridized carbons (Fsp3) is 0.533. The molecular formula is C15H21N3O3. The summed E-state index contributed by atoms with van der Waals surface area (Å²) in [6, 6.07) is 0. The van der Waals surface area contributed by atoms with E-state index >= 15 is 0 Å². The number of ketones is 1. The van der Waals surface area contributed by atoms with Gasteiger partial charge in [0.05, 0.1) is 10.9 Å². The highest BCUT2D eigenvalue weighted by atomic mass is 16.3. The molecule has 0 radical (unpaired) electrons. The number of aliphatic hydroxyl groups is 1. The number of rotatable bonds is 7. The first-order valence-electron chi connectivity index (χ1n) is 7.18. The second kappa shape index (κ2) is 6.67. The molecule has 2 N–H and O–H groups in total. The predicted octanol–water partition coefficient (Wildman–Crippen LogP) is 2.55. The van der Waals surface area contributed by atoms with Crippen LogP contribution < -0.4 is 5.32 Å². The topological polar surface area (TPSA) is 88.2 Å². The first kappa shape index (κ1) is 15.4. The van der Waals surface area contributed by atoms with E-state index in [1.807, 2.05) is 0 Å². The third-order valence-electron chi connectivity index (χ3n) is 3.69. The number of aryl methyl sites for hydroxylation is 1. The molecule has 0 saturated heterocycles. The molecule has 1 atom stereocenters. The van der Waals surface area contributed by atoms with Crippen LogP contribution in [0.2, 0.25) is 0 Å². The summed E-state index contributed by atoms with van der Waals surface area (Å²) < 4.78 is 5.53. The van der Waals surface area contributed by atoms with Gasteiger partial charge in [-0.3, -0.25) is 4.79 Å². The second-order valence-electron chi connectivity index (χ2n) is 5.16. The fourth-order valence-electron chi connectivity index (χ4n) is 2.48. The summed E-state index contributed by atoms with van der Waals surface area (Å²) in [5.41, 5.74) is 0.953. The van der Waals surface area contributed by atoms with Crippen LogP contribution in [-0.2, 0) is 0 Å². The lowest BCUT2D eigenvalue weighted by Crippen LogP contribution is -2.16. The van der Waals surface area contributed by atoms with Crippen molar-refractivity contribution in [1.82, 2.24) is 9.97 Å². The highest BCUT2D eigenvalue weighted by Crippen LogP contribution is 2.29. The first-order chi connectivity index (χ1) is 10.1. The van der Waals surface area contributed by atoms with Crippen molar-refractivity contribution in [1.29, 1.82) is 0 Å². The molecule has 0 aromatic carbocycles. The van der Waals surface area contributed by atoms with Gasteiger partial charge in [0.1, 0.15) is 17.9 Å². The van der Waals surface area contributed by atoms with Gasteiger partial charge in [-0.2, -0.15) is 0 Å². The number of hydrogen-bond acceptors (Lipinski definition) is 6. The lowest BCUT2D eigenvalue weighted by Gasteiger charge is -2.15. The molecule has 1 unspecified atom stereocenters. The van der Waals surface area contributed by atoms with Crippen LogP contribution in [0.25, 0.3) is 11.1 Å². The Morgan fingerprint density at radius 2 is 2.24 bits per heavy atom. The molecule has 0 saturated carbocycles. The molecule has 0 amide bonds. The maximum atomic E-state index is 11.8. The largest absolute Gasteiger partial charge is 0.442 e. The Balaban J connectivity index is 2.33. The molecule has 0 aliphatic rings.